The SMILES string of the molecule is c1ccc(-c2ccc(-c3ccccc3N(c3ccccc3-c3ccc4c(c3)-c3cccc5cccc(c35)O4)c3ccccc3-c3cccc4cccc(-c5ccccc5)c34)cc2)cc1. The first kappa shape index (κ1) is 37.3. The fourth-order valence-corrected chi connectivity index (χ4v) is 9.74. The molecule has 0 aromatic heterocycles. The van der Waals surface area contributed by atoms with E-state index in [0.717, 1.165) is 67.3 Å². The highest BCUT2D eigenvalue weighted by Gasteiger charge is 2.26. The Labute approximate surface area is 373 Å². The van der Waals surface area contributed by atoms with Gasteiger partial charge in [-0.05, 0) is 97.1 Å². The van der Waals surface area contributed by atoms with Gasteiger partial charge in [-0.1, -0.05) is 212 Å². The zero-order valence-corrected chi connectivity index (χ0v) is 35.0. The Morgan fingerprint density at radius 2 is 0.656 bits per heavy atom. The van der Waals surface area contributed by atoms with Gasteiger partial charge in [0.05, 0.1) is 17.1 Å². The second-order valence-electron chi connectivity index (χ2n) is 16.4. The predicted octanol–water partition coefficient (Wildman–Crippen LogP) is 17.6. The van der Waals surface area contributed by atoms with Crippen LogP contribution in [0.2, 0.25) is 0 Å². The standard InChI is InChI=1S/C62H41NO/c1-3-17-42(18-4-1)43-35-37-45(38-36-43)49-25-7-10-31-56(49)63(58-33-12-9-27-52(58)53-29-14-22-46-21-13-28-51(61(46)53)44-19-5-2-6-20-44)57-32-11-8-26-50(57)48-39-40-59-55(41-48)54-30-15-23-47-24-16-34-60(64-59)62(47)54/h1-41H. The summed E-state index contributed by atoms with van der Waals surface area (Å²) < 4.78 is 6.59. The second kappa shape index (κ2) is 15.8. The van der Waals surface area contributed by atoms with E-state index in [1.165, 1.54) is 49.5 Å². The third-order valence-electron chi connectivity index (χ3n) is 12.7. The summed E-state index contributed by atoms with van der Waals surface area (Å²) in [6, 6.07) is 89.8. The molecule has 1 heterocycles. The molecule has 300 valence electrons. The van der Waals surface area contributed by atoms with Gasteiger partial charge in [-0.3, -0.25) is 0 Å². The quantitative estimate of drug-likeness (QED) is 0.151. The molecule has 0 saturated heterocycles. The van der Waals surface area contributed by atoms with Gasteiger partial charge in [0.25, 0.3) is 0 Å². The van der Waals surface area contributed by atoms with Crippen LogP contribution in [0.3, 0.4) is 0 Å². The van der Waals surface area contributed by atoms with Gasteiger partial charge in [-0.15, -0.1) is 0 Å². The first-order chi connectivity index (χ1) is 31.8. The lowest BCUT2D eigenvalue weighted by Gasteiger charge is -2.32. The van der Waals surface area contributed by atoms with Crippen LogP contribution in [0, 0.1) is 0 Å². The van der Waals surface area contributed by atoms with Crippen LogP contribution in [-0.2, 0) is 0 Å². The van der Waals surface area contributed by atoms with Gasteiger partial charge in [0.1, 0.15) is 11.5 Å². The topological polar surface area (TPSA) is 12.5 Å². The highest BCUT2D eigenvalue weighted by molar-refractivity contribution is 6.10. The summed E-state index contributed by atoms with van der Waals surface area (Å²) in [7, 11) is 0. The zero-order valence-electron chi connectivity index (χ0n) is 35.0. The van der Waals surface area contributed by atoms with Crippen molar-refractivity contribution in [2.75, 3.05) is 4.90 Å². The molecule has 2 heteroatoms. The Morgan fingerprint density at radius 3 is 1.31 bits per heavy atom. The zero-order chi connectivity index (χ0) is 42.4. The van der Waals surface area contributed by atoms with E-state index in [1.807, 2.05) is 0 Å². The number of rotatable bonds is 8. The van der Waals surface area contributed by atoms with E-state index in [-0.39, 0.29) is 0 Å². The number of fused-ring (bicyclic) bond motifs is 3. The normalized spacial score (nSPS) is 11.6. The van der Waals surface area contributed by atoms with Crippen molar-refractivity contribution in [1.82, 2.24) is 0 Å². The molecule has 0 aliphatic carbocycles. The fourth-order valence-electron chi connectivity index (χ4n) is 9.74. The lowest BCUT2D eigenvalue weighted by Crippen LogP contribution is -2.13. The maximum atomic E-state index is 6.59. The van der Waals surface area contributed by atoms with Gasteiger partial charge in [0.2, 0.25) is 0 Å². The van der Waals surface area contributed by atoms with Gasteiger partial charge in [0.15, 0.2) is 0 Å². The Morgan fingerprint density at radius 1 is 0.234 bits per heavy atom. The van der Waals surface area contributed by atoms with Gasteiger partial charge in [-0.25, -0.2) is 0 Å². The molecule has 1 aliphatic rings. The molecule has 1 aliphatic heterocycles. The third-order valence-corrected chi connectivity index (χ3v) is 12.7. The lowest BCUT2D eigenvalue weighted by atomic mass is 9.89. The Balaban J connectivity index is 1.09. The smallest absolute Gasteiger partial charge is 0.135 e. The molecule has 0 bridgehead atoms. The molecule has 12 rings (SSSR count). The largest absolute Gasteiger partial charge is 0.456 e. The van der Waals surface area contributed by atoms with E-state index < -0.39 is 0 Å². The van der Waals surface area contributed by atoms with Crippen LogP contribution >= 0.6 is 0 Å². The Bertz CT molecular complexity index is 3510. The Hall–Kier alpha value is -8.46. The molecule has 2 nitrogen and oxygen atoms in total. The maximum Gasteiger partial charge on any atom is 0.135 e. The average Bonchev–Trinajstić information content (AvgIpc) is 3.37. The molecule has 0 saturated carbocycles. The molecule has 64 heavy (non-hydrogen) atoms. The maximum absolute atomic E-state index is 6.59. The van der Waals surface area contributed by atoms with Gasteiger partial charge >= 0.3 is 0 Å². The summed E-state index contributed by atoms with van der Waals surface area (Å²) in [5, 5.41) is 4.75. The molecule has 0 unspecified atom stereocenters. The molecule has 11 aromatic carbocycles. The summed E-state index contributed by atoms with van der Waals surface area (Å²) in [5.41, 5.74) is 17.1. The summed E-state index contributed by atoms with van der Waals surface area (Å²) in [6.45, 7) is 0. The van der Waals surface area contributed by atoms with E-state index in [9.17, 15) is 0 Å². The fraction of sp³-hybridized carbons (Fsp3) is 0. The molecule has 0 spiro atoms. The van der Waals surface area contributed by atoms with Crippen molar-refractivity contribution in [1.29, 1.82) is 0 Å². The number of ether oxygens (including phenoxy) is 1. The summed E-state index contributed by atoms with van der Waals surface area (Å²) in [6.07, 6.45) is 0. The average molecular weight is 816 g/mol. The second-order valence-corrected chi connectivity index (χ2v) is 16.4. The first-order valence-electron chi connectivity index (χ1n) is 21.9. The summed E-state index contributed by atoms with van der Waals surface area (Å²) >= 11 is 0. The van der Waals surface area contributed by atoms with Crippen LogP contribution < -0.4 is 9.64 Å². The molecule has 0 fully saturated rings. The monoisotopic (exact) mass is 815 g/mol. The van der Waals surface area contributed by atoms with Crippen molar-refractivity contribution in [2.24, 2.45) is 0 Å². The van der Waals surface area contributed by atoms with Crippen LogP contribution in [0.15, 0.2) is 249 Å². The molecule has 0 radical (unpaired) electrons. The number of nitrogens with zero attached hydrogens (tertiary/aromatic N) is 1. The number of hydrogen-bond acceptors (Lipinski definition) is 2. The number of anilines is 3. The van der Waals surface area contributed by atoms with Crippen LogP contribution in [0.1, 0.15) is 0 Å². The van der Waals surface area contributed by atoms with E-state index in [0.29, 0.717) is 0 Å². The molecular weight excluding hydrogens is 775 g/mol. The number of para-hydroxylation sites is 3. The highest BCUT2D eigenvalue weighted by atomic mass is 16.5. The van der Waals surface area contributed by atoms with E-state index in [4.69, 9.17) is 4.74 Å². The van der Waals surface area contributed by atoms with Crippen molar-refractivity contribution < 1.29 is 4.74 Å². The molecule has 0 atom stereocenters. The van der Waals surface area contributed by atoms with Crippen LogP contribution in [0.25, 0.3) is 88.3 Å². The van der Waals surface area contributed by atoms with Crippen LogP contribution in [0.5, 0.6) is 11.5 Å². The minimum atomic E-state index is 0.865. The van der Waals surface area contributed by atoms with Gasteiger partial charge < -0.3 is 9.64 Å². The van der Waals surface area contributed by atoms with Crippen molar-refractivity contribution in [3.05, 3.63) is 249 Å². The summed E-state index contributed by atoms with van der Waals surface area (Å²) in [5.74, 6) is 1.76. The Kier molecular flexibility index (Phi) is 9.20. The lowest BCUT2D eigenvalue weighted by molar-refractivity contribution is 0.487. The van der Waals surface area contributed by atoms with Crippen LogP contribution in [0.4, 0.5) is 17.1 Å². The highest BCUT2D eigenvalue weighted by Crippen LogP contribution is 2.52. The molecule has 0 amide bonds. The molecule has 0 N–H and O–H groups in total. The predicted molar refractivity (Wildman–Crippen MR) is 269 cm³/mol. The first-order valence-corrected chi connectivity index (χ1v) is 21.9. The van der Waals surface area contributed by atoms with E-state index >= 15 is 0 Å². The summed E-state index contributed by atoms with van der Waals surface area (Å²) in [4.78, 5) is 2.49. The van der Waals surface area contributed by atoms with Crippen LogP contribution in [-0.4, -0.2) is 0 Å². The molecule has 11 aromatic rings. The molecular formula is C62H41NO. The van der Waals surface area contributed by atoms with Crippen molar-refractivity contribution in [2.45, 2.75) is 0 Å². The van der Waals surface area contributed by atoms with E-state index in [1.54, 1.807) is 0 Å². The van der Waals surface area contributed by atoms with Gasteiger partial charge in [-0.2, -0.15) is 0 Å². The minimum absolute atomic E-state index is 0.865. The van der Waals surface area contributed by atoms with E-state index in [2.05, 4.69) is 254 Å². The minimum Gasteiger partial charge on any atom is -0.456 e. The number of benzene rings is 11. The third kappa shape index (κ3) is 6.44. The van der Waals surface area contributed by atoms with Crippen molar-refractivity contribution in [3.8, 4) is 78.3 Å². The van der Waals surface area contributed by atoms with Crippen molar-refractivity contribution in [3.63, 3.8) is 0 Å². The number of hydrogen-bond donors (Lipinski definition) is 0. The van der Waals surface area contributed by atoms with Crippen molar-refractivity contribution >= 4 is 38.6 Å². The van der Waals surface area contributed by atoms with Gasteiger partial charge in [0, 0.05) is 27.6 Å².